The molecule has 0 saturated heterocycles. The fourth-order valence-electron chi connectivity index (χ4n) is 6.51. The van der Waals surface area contributed by atoms with Crippen LogP contribution in [-0.4, -0.2) is 0 Å². The minimum atomic E-state index is -0.142. The molecule has 0 heterocycles. The van der Waals surface area contributed by atoms with Crippen LogP contribution in [0.1, 0.15) is 134 Å². The molecule has 212 valence electrons. The predicted molar refractivity (Wildman–Crippen MR) is 179 cm³/mol. The molecule has 4 aromatic rings. The van der Waals surface area contributed by atoms with Gasteiger partial charge in [-0.25, -0.2) is 0 Å². The van der Waals surface area contributed by atoms with E-state index in [4.69, 9.17) is 0 Å². The molecular formula is C40H52. The van der Waals surface area contributed by atoms with Crippen molar-refractivity contribution in [1.82, 2.24) is 0 Å². The number of fused-ring (bicyclic) bond motifs is 4. The van der Waals surface area contributed by atoms with Crippen molar-refractivity contribution in [1.29, 1.82) is 0 Å². The van der Waals surface area contributed by atoms with E-state index in [1.165, 1.54) is 70.2 Å². The van der Waals surface area contributed by atoms with Gasteiger partial charge in [0.1, 0.15) is 0 Å². The van der Waals surface area contributed by atoms with Crippen molar-refractivity contribution in [3.05, 3.63) is 118 Å². The SMILES string of the molecule is CCC.CCC.CCC.CCC.CCC1c2cccc3c2C2(c4ccccc4-3)c3ccccc3-c3cccc1c32. The van der Waals surface area contributed by atoms with E-state index in [9.17, 15) is 0 Å². The van der Waals surface area contributed by atoms with Crippen LogP contribution in [0.15, 0.2) is 84.9 Å². The minimum Gasteiger partial charge on any atom is -0.0656 e. The van der Waals surface area contributed by atoms with Crippen LogP contribution in [0, 0.1) is 0 Å². The Labute approximate surface area is 245 Å². The maximum absolute atomic E-state index is 2.39. The zero-order chi connectivity index (χ0) is 29.3. The van der Waals surface area contributed by atoms with Crippen LogP contribution < -0.4 is 0 Å². The molecule has 0 fully saturated rings. The van der Waals surface area contributed by atoms with Crippen molar-refractivity contribution in [2.24, 2.45) is 0 Å². The van der Waals surface area contributed by atoms with Crippen LogP contribution in [0.25, 0.3) is 22.3 Å². The van der Waals surface area contributed by atoms with Crippen molar-refractivity contribution in [2.45, 2.75) is 106 Å². The van der Waals surface area contributed by atoms with Crippen molar-refractivity contribution in [3.8, 4) is 22.3 Å². The maximum atomic E-state index is 2.39. The monoisotopic (exact) mass is 532 g/mol. The second-order valence-corrected chi connectivity index (χ2v) is 11.2. The van der Waals surface area contributed by atoms with E-state index in [1.54, 1.807) is 11.1 Å². The van der Waals surface area contributed by atoms with Gasteiger partial charge in [-0.2, -0.15) is 0 Å². The molecule has 0 bridgehead atoms. The molecule has 0 aromatic heterocycles. The van der Waals surface area contributed by atoms with Crippen LogP contribution in [0.3, 0.4) is 0 Å². The molecule has 0 unspecified atom stereocenters. The summed E-state index contributed by atoms with van der Waals surface area (Å²) < 4.78 is 0. The Morgan fingerprint density at radius 3 is 1.10 bits per heavy atom. The highest BCUT2D eigenvalue weighted by molar-refractivity contribution is 5.97. The van der Waals surface area contributed by atoms with Gasteiger partial charge in [0.15, 0.2) is 0 Å². The Balaban J connectivity index is 0.000000320. The highest BCUT2D eigenvalue weighted by atomic mass is 14.6. The van der Waals surface area contributed by atoms with Gasteiger partial charge in [-0.05, 0) is 62.1 Å². The van der Waals surface area contributed by atoms with E-state index in [-0.39, 0.29) is 5.41 Å². The lowest BCUT2D eigenvalue weighted by Crippen LogP contribution is -2.33. The summed E-state index contributed by atoms with van der Waals surface area (Å²) in [5.41, 5.74) is 14.6. The van der Waals surface area contributed by atoms with Gasteiger partial charge in [0, 0.05) is 5.92 Å². The van der Waals surface area contributed by atoms with Gasteiger partial charge in [-0.3, -0.25) is 0 Å². The largest absolute Gasteiger partial charge is 0.0731 e. The number of rotatable bonds is 1. The predicted octanol–water partition coefficient (Wildman–Crippen LogP) is 12.6. The number of benzene rings is 4. The molecular weight excluding hydrogens is 480 g/mol. The molecule has 0 amide bonds. The molecule has 1 spiro atoms. The summed E-state index contributed by atoms with van der Waals surface area (Å²) in [4.78, 5) is 0. The molecule has 3 aliphatic rings. The summed E-state index contributed by atoms with van der Waals surface area (Å²) in [7, 11) is 0. The smallest absolute Gasteiger partial charge is 0.0656 e. The van der Waals surface area contributed by atoms with Crippen molar-refractivity contribution >= 4 is 0 Å². The third-order valence-electron chi connectivity index (χ3n) is 7.34. The number of hydrogen-bond donors (Lipinski definition) is 0. The fraction of sp³-hybridized carbons (Fsp3) is 0.400. The van der Waals surface area contributed by atoms with Crippen LogP contribution in [0.2, 0.25) is 0 Å². The topological polar surface area (TPSA) is 0 Å². The molecule has 0 nitrogen and oxygen atoms in total. The van der Waals surface area contributed by atoms with Gasteiger partial charge in [-0.15, -0.1) is 0 Å². The number of hydrogen-bond acceptors (Lipinski definition) is 0. The Morgan fingerprint density at radius 2 is 0.750 bits per heavy atom. The van der Waals surface area contributed by atoms with Gasteiger partial charge < -0.3 is 0 Å². The minimum absolute atomic E-state index is 0.142. The average Bonchev–Trinajstić information content (AvgIpc) is 3.44. The van der Waals surface area contributed by atoms with E-state index in [0.29, 0.717) is 5.92 Å². The summed E-state index contributed by atoms with van der Waals surface area (Å²) >= 11 is 0. The van der Waals surface area contributed by atoms with E-state index in [0.717, 1.165) is 6.42 Å². The standard InChI is InChI=1S/C28H20.4C3H8/c1-2-17-20-11-7-13-22-18-9-3-5-15-24(18)28(26(20)22)25-16-6-4-10-19(25)23-14-8-12-21(17)27(23)28;4*1-3-2/h3-17H,2H2,1H3;4*3H2,1-2H3. The molecule has 0 radical (unpaired) electrons. The second-order valence-electron chi connectivity index (χ2n) is 11.2. The average molecular weight is 533 g/mol. The fourth-order valence-corrected chi connectivity index (χ4v) is 6.51. The van der Waals surface area contributed by atoms with Gasteiger partial charge >= 0.3 is 0 Å². The van der Waals surface area contributed by atoms with Gasteiger partial charge in [0.05, 0.1) is 5.41 Å². The third-order valence-corrected chi connectivity index (χ3v) is 7.34. The molecule has 7 rings (SSSR count). The first kappa shape index (κ1) is 31.4. The van der Waals surface area contributed by atoms with Gasteiger partial charge in [0.25, 0.3) is 0 Å². The Morgan fingerprint density at radius 1 is 0.425 bits per heavy atom. The van der Waals surface area contributed by atoms with E-state index in [1.807, 2.05) is 0 Å². The third kappa shape index (κ3) is 5.07. The highest BCUT2D eigenvalue weighted by Crippen LogP contribution is 2.67. The van der Waals surface area contributed by atoms with Crippen LogP contribution >= 0.6 is 0 Å². The normalized spacial score (nSPS) is 13.2. The lowest BCUT2D eigenvalue weighted by Gasteiger charge is -2.40. The maximum Gasteiger partial charge on any atom is 0.0731 e. The molecule has 4 aromatic carbocycles. The van der Waals surface area contributed by atoms with Crippen LogP contribution in [-0.2, 0) is 5.41 Å². The van der Waals surface area contributed by atoms with Crippen molar-refractivity contribution in [3.63, 3.8) is 0 Å². The first-order chi connectivity index (χ1) is 19.5. The molecule has 3 aliphatic carbocycles. The quantitative estimate of drug-likeness (QED) is 0.197. The summed E-state index contributed by atoms with van der Waals surface area (Å²) in [6.45, 7) is 19.3. The lowest BCUT2D eigenvalue weighted by atomic mass is 9.61. The highest BCUT2D eigenvalue weighted by Gasteiger charge is 2.56. The van der Waals surface area contributed by atoms with Crippen LogP contribution in [0.4, 0.5) is 0 Å². The van der Waals surface area contributed by atoms with Gasteiger partial charge in [0.2, 0.25) is 0 Å². The zero-order valence-electron chi connectivity index (χ0n) is 26.7. The second kappa shape index (κ2) is 14.5. The summed E-state index contributed by atoms with van der Waals surface area (Å²) in [5, 5.41) is 0. The van der Waals surface area contributed by atoms with Crippen molar-refractivity contribution < 1.29 is 0 Å². The van der Waals surface area contributed by atoms with E-state index in [2.05, 4.69) is 147 Å². The molecule has 0 atom stereocenters. The summed E-state index contributed by atoms with van der Waals surface area (Å²) in [6.07, 6.45) is 6.13. The van der Waals surface area contributed by atoms with Crippen LogP contribution in [0.5, 0.6) is 0 Å². The van der Waals surface area contributed by atoms with E-state index < -0.39 is 0 Å². The Kier molecular flexibility index (Phi) is 11.4. The molecule has 0 aliphatic heterocycles. The Bertz CT molecular complexity index is 1260. The molecule has 0 heteroatoms. The first-order valence-electron chi connectivity index (χ1n) is 16.0. The van der Waals surface area contributed by atoms with E-state index >= 15 is 0 Å². The zero-order valence-corrected chi connectivity index (χ0v) is 26.7. The first-order valence-corrected chi connectivity index (χ1v) is 16.0. The van der Waals surface area contributed by atoms with Gasteiger partial charge in [-0.1, -0.05) is 173 Å². The Hall–Kier alpha value is -3.12. The molecule has 0 N–H and O–H groups in total. The summed E-state index contributed by atoms with van der Waals surface area (Å²) in [6, 6.07) is 32.2. The lowest BCUT2D eigenvalue weighted by molar-refractivity contribution is 0.664. The van der Waals surface area contributed by atoms with Crippen molar-refractivity contribution in [2.75, 3.05) is 0 Å². The molecule has 40 heavy (non-hydrogen) atoms. The molecule has 0 saturated carbocycles. The summed E-state index contributed by atoms with van der Waals surface area (Å²) in [5.74, 6) is 0.474.